The quantitative estimate of drug-likeness (QED) is 0.623. The first-order chi connectivity index (χ1) is 7.09. The van der Waals surface area contributed by atoms with Gasteiger partial charge in [0.15, 0.2) is 5.15 Å². The lowest BCUT2D eigenvalue weighted by Gasteiger charge is -2.18. The van der Waals surface area contributed by atoms with Gasteiger partial charge >= 0.3 is 0 Å². The van der Waals surface area contributed by atoms with Crippen molar-refractivity contribution in [3.8, 4) is 0 Å². The normalized spacial score (nSPS) is 21.1. The summed E-state index contributed by atoms with van der Waals surface area (Å²) in [4.78, 5) is 17.1. The third kappa shape index (κ3) is 2.07. The van der Waals surface area contributed by atoms with Crippen LogP contribution in [0, 0.1) is 0 Å². The maximum atomic E-state index is 11.6. The van der Waals surface area contributed by atoms with Crippen molar-refractivity contribution in [1.82, 2.24) is 4.98 Å². The zero-order chi connectivity index (χ0) is 11.0. The molecule has 1 aromatic rings. The Morgan fingerprint density at radius 3 is 2.80 bits per heavy atom. The molecule has 1 atom stereocenters. The Morgan fingerprint density at radius 1 is 1.53 bits per heavy atom. The number of amides is 1. The molecule has 0 aliphatic carbocycles. The van der Waals surface area contributed by atoms with E-state index in [1.807, 2.05) is 0 Å². The Morgan fingerprint density at radius 2 is 2.27 bits per heavy atom. The van der Waals surface area contributed by atoms with Gasteiger partial charge in [-0.05, 0) is 6.07 Å². The summed E-state index contributed by atoms with van der Waals surface area (Å²) >= 11 is 16.1. The first-order valence-electron chi connectivity index (χ1n) is 4.38. The summed E-state index contributed by atoms with van der Waals surface area (Å²) in [6.45, 7) is 0.521. The molecule has 80 valence electrons. The number of carbonyl (C=O) groups is 1. The molecular formula is C9H8Cl2N2OS. The van der Waals surface area contributed by atoms with Gasteiger partial charge in [0.05, 0.1) is 5.02 Å². The van der Waals surface area contributed by atoms with Crippen LogP contribution in [0.1, 0.15) is 6.42 Å². The molecule has 2 rings (SSSR count). The lowest BCUT2D eigenvalue weighted by Crippen LogP contribution is -2.25. The first-order valence-corrected chi connectivity index (χ1v) is 5.65. The maximum absolute atomic E-state index is 11.6. The Kier molecular flexibility index (Phi) is 3.09. The second kappa shape index (κ2) is 4.20. The van der Waals surface area contributed by atoms with Crippen LogP contribution < -0.4 is 4.90 Å². The largest absolute Gasteiger partial charge is 0.307 e. The third-order valence-corrected chi connectivity index (χ3v) is 3.13. The molecule has 0 radical (unpaired) electrons. The monoisotopic (exact) mass is 262 g/mol. The lowest BCUT2D eigenvalue weighted by atomic mass is 10.4. The predicted molar refractivity (Wildman–Crippen MR) is 64.0 cm³/mol. The first kappa shape index (κ1) is 11.0. The van der Waals surface area contributed by atoms with Crippen LogP contribution in [-0.4, -0.2) is 22.7 Å². The van der Waals surface area contributed by atoms with Crippen molar-refractivity contribution < 1.29 is 4.79 Å². The van der Waals surface area contributed by atoms with E-state index < -0.39 is 0 Å². The highest BCUT2D eigenvalue weighted by Gasteiger charge is 2.31. The van der Waals surface area contributed by atoms with E-state index in [0.717, 1.165) is 0 Å². The van der Waals surface area contributed by atoms with E-state index in [9.17, 15) is 4.79 Å². The summed E-state index contributed by atoms with van der Waals surface area (Å²) in [5.74, 6) is -0.0215. The molecule has 6 heteroatoms. The number of anilines is 1. The second-order valence-electron chi connectivity index (χ2n) is 3.29. The molecule has 1 fully saturated rings. The third-order valence-electron chi connectivity index (χ3n) is 2.20. The summed E-state index contributed by atoms with van der Waals surface area (Å²) in [7, 11) is 0. The number of hydrogen-bond acceptors (Lipinski definition) is 3. The highest BCUT2D eigenvalue weighted by molar-refractivity contribution is 7.81. The number of halogens is 2. The fourth-order valence-corrected chi connectivity index (χ4v) is 2.43. The van der Waals surface area contributed by atoms with Gasteiger partial charge in [0.2, 0.25) is 5.91 Å². The SMILES string of the molecule is O=C1CC(S)CN1c1c(Cl)ccnc1Cl. The van der Waals surface area contributed by atoms with Crippen molar-refractivity contribution in [3.05, 3.63) is 22.4 Å². The minimum absolute atomic E-state index is 0.0215. The highest BCUT2D eigenvalue weighted by atomic mass is 35.5. The fourth-order valence-electron chi connectivity index (χ4n) is 1.55. The smallest absolute Gasteiger partial charge is 0.228 e. The molecule has 1 unspecified atom stereocenters. The van der Waals surface area contributed by atoms with Gasteiger partial charge in [-0.15, -0.1) is 0 Å². The highest BCUT2D eigenvalue weighted by Crippen LogP contribution is 2.35. The number of hydrogen-bond donors (Lipinski definition) is 1. The van der Waals surface area contributed by atoms with Crippen molar-refractivity contribution in [2.24, 2.45) is 0 Å². The van der Waals surface area contributed by atoms with E-state index >= 15 is 0 Å². The number of thiol groups is 1. The molecule has 2 heterocycles. The van der Waals surface area contributed by atoms with Crippen LogP contribution in [0.4, 0.5) is 5.69 Å². The van der Waals surface area contributed by atoms with Crippen LogP contribution >= 0.6 is 35.8 Å². The summed E-state index contributed by atoms with van der Waals surface area (Å²) in [5, 5.41) is 0.717. The van der Waals surface area contributed by atoms with Crippen molar-refractivity contribution in [2.75, 3.05) is 11.4 Å². The molecule has 1 amide bonds. The standard InChI is InChI=1S/C9H8Cl2N2OS/c10-6-1-2-12-9(11)8(6)13-4-5(15)3-7(13)14/h1-2,5,15H,3-4H2. The van der Waals surface area contributed by atoms with Crippen LogP contribution in [0.5, 0.6) is 0 Å². The Labute approximate surface area is 103 Å². The van der Waals surface area contributed by atoms with Gasteiger partial charge < -0.3 is 4.90 Å². The van der Waals surface area contributed by atoms with Crippen LogP contribution in [0.3, 0.4) is 0 Å². The molecule has 1 saturated heterocycles. The van der Waals surface area contributed by atoms with E-state index in [1.165, 1.54) is 11.1 Å². The van der Waals surface area contributed by atoms with E-state index in [2.05, 4.69) is 17.6 Å². The van der Waals surface area contributed by atoms with E-state index in [-0.39, 0.29) is 16.3 Å². The molecule has 1 aliphatic rings. The van der Waals surface area contributed by atoms with Gasteiger partial charge in [0, 0.05) is 24.4 Å². The molecule has 0 spiro atoms. The van der Waals surface area contributed by atoms with Crippen molar-refractivity contribution in [2.45, 2.75) is 11.7 Å². The molecule has 0 saturated carbocycles. The average Bonchev–Trinajstić information content (AvgIpc) is 2.45. The van der Waals surface area contributed by atoms with Crippen LogP contribution in [0.25, 0.3) is 0 Å². The topological polar surface area (TPSA) is 33.2 Å². The summed E-state index contributed by atoms with van der Waals surface area (Å²) in [6, 6.07) is 1.61. The van der Waals surface area contributed by atoms with Gasteiger partial charge in [0.1, 0.15) is 5.69 Å². The van der Waals surface area contributed by atoms with Crippen molar-refractivity contribution >= 4 is 47.4 Å². The predicted octanol–water partition coefficient (Wildman–Crippen LogP) is 2.42. The molecule has 1 aliphatic heterocycles. The molecule has 1 aromatic heterocycles. The number of pyridine rings is 1. The average molecular weight is 263 g/mol. The second-order valence-corrected chi connectivity index (χ2v) is 4.79. The van der Waals surface area contributed by atoms with E-state index in [1.54, 1.807) is 6.07 Å². The maximum Gasteiger partial charge on any atom is 0.228 e. The molecule has 3 nitrogen and oxygen atoms in total. The molecular weight excluding hydrogens is 255 g/mol. The minimum Gasteiger partial charge on any atom is -0.307 e. The Balaban J connectivity index is 2.41. The number of aromatic nitrogens is 1. The van der Waals surface area contributed by atoms with Crippen LogP contribution in [0.2, 0.25) is 10.2 Å². The van der Waals surface area contributed by atoms with Gasteiger partial charge in [-0.25, -0.2) is 4.98 Å². The minimum atomic E-state index is -0.0215. The molecule has 0 aromatic carbocycles. The number of nitrogens with zero attached hydrogens (tertiary/aromatic N) is 2. The Hall–Kier alpha value is -0.450. The zero-order valence-corrected chi connectivity index (χ0v) is 10.1. The van der Waals surface area contributed by atoms with E-state index in [4.69, 9.17) is 23.2 Å². The summed E-state index contributed by atoms with van der Waals surface area (Å²) in [5.41, 5.74) is 0.488. The van der Waals surface area contributed by atoms with Gasteiger partial charge in [-0.2, -0.15) is 12.6 Å². The number of rotatable bonds is 1. The van der Waals surface area contributed by atoms with Gasteiger partial charge in [-0.1, -0.05) is 23.2 Å². The van der Waals surface area contributed by atoms with E-state index in [0.29, 0.717) is 23.7 Å². The lowest BCUT2D eigenvalue weighted by molar-refractivity contribution is -0.117. The summed E-state index contributed by atoms with van der Waals surface area (Å²) in [6.07, 6.45) is 1.91. The van der Waals surface area contributed by atoms with Crippen molar-refractivity contribution in [1.29, 1.82) is 0 Å². The van der Waals surface area contributed by atoms with Crippen LogP contribution in [0.15, 0.2) is 12.3 Å². The molecule has 15 heavy (non-hydrogen) atoms. The zero-order valence-electron chi connectivity index (χ0n) is 7.65. The van der Waals surface area contributed by atoms with Crippen LogP contribution in [-0.2, 0) is 4.79 Å². The Bertz CT molecular complexity index is 393. The van der Waals surface area contributed by atoms with Crippen molar-refractivity contribution in [3.63, 3.8) is 0 Å². The molecule has 0 N–H and O–H groups in total. The van der Waals surface area contributed by atoms with Gasteiger partial charge in [-0.3, -0.25) is 4.79 Å². The number of carbonyl (C=O) groups excluding carboxylic acids is 1. The molecule has 0 bridgehead atoms. The summed E-state index contributed by atoms with van der Waals surface area (Å²) < 4.78 is 0. The fraction of sp³-hybridized carbons (Fsp3) is 0.333. The van der Waals surface area contributed by atoms with Gasteiger partial charge in [0.25, 0.3) is 0 Å².